The summed E-state index contributed by atoms with van der Waals surface area (Å²) in [7, 11) is 1.39. The quantitative estimate of drug-likeness (QED) is 0.622. The second-order valence-electron chi connectivity index (χ2n) is 6.69. The molecule has 1 aromatic rings. The Morgan fingerprint density at radius 2 is 1.88 bits per heavy atom. The summed E-state index contributed by atoms with van der Waals surface area (Å²) in [6.45, 7) is 0.977. The van der Waals surface area contributed by atoms with Crippen LogP contribution in [0, 0.1) is 20.2 Å². The van der Waals surface area contributed by atoms with Crippen molar-refractivity contribution >= 4 is 0 Å². The van der Waals surface area contributed by atoms with Crippen molar-refractivity contribution in [3.8, 4) is 0 Å². The monoisotopic (exact) mass is 334 g/mol. The van der Waals surface area contributed by atoms with Crippen LogP contribution >= 0.6 is 0 Å². The summed E-state index contributed by atoms with van der Waals surface area (Å²) in [5.74, 6) is 0.246. The number of methoxy groups -OCH3 is 1. The van der Waals surface area contributed by atoms with Crippen LogP contribution in [0.25, 0.3) is 0 Å². The highest BCUT2D eigenvalue weighted by molar-refractivity contribution is 5.21. The number of hydrogen-bond donors (Lipinski definition) is 1. The lowest BCUT2D eigenvalue weighted by atomic mass is 9.71. The molecule has 0 aromatic heterocycles. The molecule has 0 radical (unpaired) electrons. The number of ether oxygens (including phenoxy) is 1. The maximum Gasteiger partial charge on any atom is 0.331 e. The molecule has 1 aromatic carbocycles. The fourth-order valence-electron chi connectivity index (χ4n) is 4.11. The van der Waals surface area contributed by atoms with Gasteiger partial charge >= 0.3 is 5.54 Å². The Hall–Kier alpha value is -2.48. The zero-order valence-electron chi connectivity index (χ0n) is 13.4. The van der Waals surface area contributed by atoms with Gasteiger partial charge in [0.1, 0.15) is 19.5 Å². The molecule has 128 valence electrons. The topological polar surface area (TPSA) is 100.0 Å². The van der Waals surface area contributed by atoms with Crippen molar-refractivity contribution in [3.05, 3.63) is 68.0 Å². The number of piperidine rings is 1. The Bertz CT molecular complexity index is 692. The van der Waals surface area contributed by atoms with Gasteiger partial charge in [-0.2, -0.15) is 0 Å². The highest BCUT2D eigenvalue weighted by atomic mass is 16.6. The Morgan fingerprint density at radius 1 is 1.17 bits per heavy atom. The molecule has 1 unspecified atom stereocenters. The Kier molecular flexibility index (Phi) is 4.00. The number of hydrogen-bond acceptors (Lipinski definition) is 5. The third kappa shape index (κ3) is 2.52. The lowest BCUT2D eigenvalue weighted by Crippen LogP contribution is -3.17. The second kappa shape index (κ2) is 5.86. The lowest BCUT2D eigenvalue weighted by Gasteiger charge is -2.43. The van der Waals surface area contributed by atoms with Gasteiger partial charge in [-0.3, -0.25) is 20.2 Å². The van der Waals surface area contributed by atoms with E-state index in [1.165, 1.54) is 13.2 Å². The molecule has 8 nitrogen and oxygen atoms in total. The zero-order valence-corrected chi connectivity index (χ0v) is 13.4. The number of nitro groups is 2. The van der Waals surface area contributed by atoms with E-state index in [1.54, 1.807) is 0 Å². The molecule has 24 heavy (non-hydrogen) atoms. The minimum absolute atomic E-state index is 0.113. The van der Waals surface area contributed by atoms with Crippen LogP contribution in [-0.2, 0) is 11.3 Å². The van der Waals surface area contributed by atoms with Gasteiger partial charge in [-0.05, 0) is 6.08 Å². The summed E-state index contributed by atoms with van der Waals surface area (Å²) < 4.78 is 5.25. The smallest absolute Gasteiger partial charge is 0.331 e. The summed E-state index contributed by atoms with van der Waals surface area (Å²) in [5, 5.41) is 23.6. The zero-order chi connectivity index (χ0) is 17.4. The van der Waals surface area contributed by atoms with Gasteiger partial charge in [0.15, 0.2) is 12.3 Å². The largest absolute Gasteiger partial charge is 0.494 e. The summed E-state index contributed by atoms with van der Waals surface area (Å²) in [6.07, 6.45) is 1.59. The molecule has 0 saturated carbocycles. The molecule has 8 heteroatoms. The molecule has 3 rings (SSSR count). The highest BCUT2D eigenvalue weighted by Crippen LogP contribution is 2.40. The molecular weight excluding hydrogens is 314 g/mol. The minimum Gasteiger partial charge on any atom is -0.494 e. The second-order valence-corrected chi connectivity index (χ2v) is 6.69. The van der Waals surface area contributed by atoms with E-state index in [2.05, 4.69) is 0 Å². The predicted octanol–water partition coefficient (Wildman–Crippen LogP) is 0.440. The first-order valence-electron chi connectivity index (χ1n) is 7.83. The number of likely N-dealkylation sites (tertiary alicyclic amines) is 1. The number of fused-ring (bicyclic) bond motifs is 2. The van der Waals surface area contributed by atoms with E-state index in [9.17, 15) is 20.2 Å². The van der Waals surface area contributed by atoms with Gasteiger partial charge in [0.25, 0.3) is 5.54 Å². The van der Waals surface area contributed by atoms with Gasteiger partial charge in [-0.15, -0.1) is 0 Å². The van der Waals surface area contributed by atoms with Crippen LogP contribution < -0.4 is 4.90 Å². The van der Waals surface area contributed by atoms with Crippen molar-refractivity contribution in [2.45, 2.75) is 30.5 Å². The molecule has 0 spiro atoms. The van der Waals surface area contributed by atoms with E-state index < -0.39 is 16.0 Å². The number of benzene rings is 1. The Morgan fingerprint density at radius 3 is 2.46 bits per heavy atom. The maximum atomic E-state index is 11.9. The molecule has 2 aliphatic rings. The van der Waals surface area contributed by atoms with E-state index in [4.69, 9.17) is 4.74 Å². The van der Waals surface area contributed by atoms with Gasteiger partial charge in [-0.1, -0.05) is 30.3 Å². The minimum atomic E-state index is -1.53. The first kappa shape index (κ1) is 16.4. The normalized spacial score (nSPS) is 31.9. The molecular formula is C16H20N3O5+. The van der Waals surface area contributed by atoms with Crippen molar-refractivity contribution in [3.63, 3.8) is 0 Å². The number of nitrogens with one attached hydrogen (secondary N) is 1. The van der Waals surface area contributed by atoms with Gasteiger partial charge in [0.05, 0.1) is 7.11 Å². The van der Waals surface area contributed by atoms with Gasteiger partial charge < -0.3 is 9.64 Å². The maximum absolute atomic E-state index is 11.9. The molecule has 1 saturated heterocycles. The van der Waals surface area contributed by atoms with Crippen LogP contribution in [-0.4, -0.2) is 41.1 Å². The number of nitrogens with zero attached hydrogens (tertiary/aromatic N) is 2. The molecule has 1 aliphatic heterocycles. The van der Waals surface area contributed by atoms with Gasteiger partial charge in [0.2, 0.25) is 0 Å². The Labute approximate surface area is 139 Å². The van der Waals surface area contributed by atoms with Crippen molar-refractivity contribution in [1.29, 1.82) is 0 Å². The first-order valence-corrected chi connectivity index (χ1v) is 7.83. The van der Waals surface area contributed by atoms with Crippen molar-refractivity contribution in [2.24, 2.45) is 0 Å². The number of quaternary nitrogens is 1. The van der Waals surface area contributed by atoms with Crippen LogP contribution in [0.1, 0.15) is 18.4 Å². The lowest BCUT2D eigenvalue weighted by molar-refractivity contribution is -0.955. The average Bonchev–Trinajstić information content (AvgIpc) is 2.55. The molecule has 0 amide bonds. The average molecular weight is 334 g/mol. The van der Waals surface area contributed by atoms with Crippen LogP contribution in [0.2, 0.25) is 0 Å². The van der Waals surface area contributed by atoms with Crippen molar-refractivity contribution in [1.82, 2.24) is 0 Å². The summed E-state index contributed by atoms with van der Waals surface area (Å²) in [4.78, 5) is 23.7. The number of rotatable bonds is 5. The van der Waals surface area contributed by atoms with E-state index in [1.807, 2.05) is 30.3 Å². The van der Waals surface area contributed by atoms with Crippen molar-refractivity contribution in [2.75, 3.05) is 20.2 Å². The highest BCUT2D eigenvalue weighted by Gasteiger charge is 2.69. The van der Waals surface area contributed by atoms with Crippen LogP contribution in [0.4, 0.5) is 0 Å². The summed E-state index contributed by atoms with van der Waals surface area (Å²) in [5.41, 5.74) is -1.83. The molecule has 1 aliphatic carbocycles. The van der Waals surface area contributed by atoms with Gasteiger partial charge in [-0.25, -0.2) is 0 Å². The molecule has 1 heterocycles. The third-order valence-corrected chi connectivity index (χ3v) is 5.12. The molecule has 1 N–H and O–H groups in total. The van der Waals surface area contributed by atoms with Crippen molar-refractivity contribution < 1.29 is 19.5 Å². The van der Waals surface area contributed by atoms with Crippen LogP contribution in [0.3, 0.4) is 0 Å². The standard InChI is InChI=1S/C16H19N3O5/c1-24-14-7-8-15(18(20)21)10-16(14,19(22)23)12-17(11-15)9-13-5-3-2-4-6-13/h2-7H,8-12H2,1H3/p+1/t15-,16+/m1/s1. The van der Waals surface area contributed by atoms with Crippen LogP contribution in [0.15, 0.2) is 42.2 Å². The SMILES string of the molecule is COC1=CC[C@]2([N+](=O)[O-])C[NH+](Cc3ccccc3)C[C@@]1([N+](=O)[O-])C2. The van der Waals surface area contributed by atoms with E-state index in [0.717, 1.165) is 10.5 Å². The van der Waals surface area contributed by atoms with Crippen LogP contribution in [0.5, 0.6) is 0 Å². The summed E-state index contributed by atoms with van der Waals surface area (Å²) in [6, 6.07) is 9.55. The van der Waals surface area contributed by atoms with E-state index in [-0.39, 0.29) is 36.6 Å². The first-order chi connectivity index (χ1) is 11.4. The summed E-state index contributed by atoms with van der Waals surface area (Å²) >= 11 is 0. The Balaban J connectivity index is 1.99. The predicted molar refractivity (Wildman–Crippen MR) is 84.6 cm³/mol. The van der Waals surface area contributed by atoms with E-state index >= 15 is 0 Å². The van der Waals surface area contributed by atoms with E-state index in [0.29, 0.717) is 6.54 Å². The van der Waals surface area contributed by atoms with Gasteiger partial charge in [0, 0.05) is 21.8 Å². The molecule has 2 bridgehead atoms. The fraction of sp³-hybridized carbons (Fsp3) is 0.500. The third-order valence-electron chi connectivity index (χ3n) is 5.12. The fourth-order valence-corrected chi connectivity index (χ4v) is 4.11. The molecule has 3 atom stereocenters. The molecule has 1 fully saturated rings.